The largest absolute Gasteiger partial charge is 0.394 e. The molecule has 1 unspecified atom stereocenters. The van der Waals surface area contributed by atoms with E-state index in [0.717, 1.165) is 12.2 Å². The maximum absolute atomic E-state index is 9.21. The highest BCUT2D eigenvalue weighted by Crippen LogP contribution is 2.18. The molecular formula is C12H15N5O. The maximum atomic E-state index is 9.21. The Kier molecular flexibility index (Phi) is 3.75. The van der Waals surface area contributed by atoms with Crippen molar-refractivity contribution >= 4 is 17.0 Å². The molecule has 0 saturated carbocycles. The van der Waals surface area contributed by atoms with Crippen LogP contribution in [0, 0.1) is 12.3 Å². The summed E-state index contributed by atoms with van der Waals surface area (Å²) in [6.07, 6.45) is 8.87. The van der Waals surface area contributed by atoms with Crippen molar-refractivity contribution < 1.29 is 5.11 Å². The van der Waals surface area contributed by atoms with E-state index in [2.05, 4.69) is 26.2 Å². The zero-order chi connectivity index (χ0) is 13.0. The fraction of sp³-hybridized carbons (Fsp3) is 0.417. The lowest BCUT2D eigenvalue weighted by molar-refractivity contribution is 0.276. The first-order valence-corrected chi connectivity index (χ1v) is 5.76. The normalized spacial score (nSPS) is 12.3. The second-order valence-electron chi connectivity index (χ2n) is 3.86. The van der Waals surface area contributed by atoms with Crippen LogP contribution in [0.15, 0.2) is 12.7 Å². The fourth-order valence-electron chi connectivity index (χ4n) is 1.71. The minimum Gasteiger partial charge on any atom is -0.394 e. The second kappa shape index (κ2) is 5.47. The number of nitrogens with zero attached hydrogens (tertiary/aromatic N) is 4. The quantitative estimate of drug-likeness (QED) is 0.756. The second-order valence-corrected chi connectivity index (χ2v) is 3.86. The lowest BCUT2D eigenvalue weighted by atomic mass is 10.2. The van der Waals surface area contributed by atoms with Crippen molar-refractivity contribution in [3.05, 3.63) is 12.7 Å². The molecule has 0 amide bonds. The first kappa shape index (κ1) is 12.3. The Balaban J connectivity index is 2.34. The van der Waals surface area contributed by atoms with Crippen LogP contribution in [0.4, 0.5) is 5.82 Å². The average molecular weight is 245 g/mol. The van der Waals surface area contributed by atoms with Crippen molar-refractivity contribution in [2.45, 2.75) is 25.9 Å². The molecule has 94 valence electrons. The van der Waals surface area contributed by atoms with Crippen LogP contribution in [-0.4, -0.2) is 37.3 Å². The SMILES string of the molecule is C#CCC(CO)Nc1ncnc2c1ncn2CC. The van der Waals surface area contributed by atoms with Crippen molar-refractivity contribution in [3.63, 3.8) is 0 Å². The van der Waals surface area contributed by atoms with Crippen LogP contribution < -0.4 is 5.32 Å². The number of imidazole rings is 1. The van der Waals surface area contributed by atoms with E-state index in [1.165, 1.54) is 6.33 Å². The Labute approximate surface area is 105 Å². The van der Waals surface area contributed by atoms with Crippen LogP contribution in [0.1, 0.15) is 13.3 Å². The van der Waals surface area contributed by atoms with E-state index in [1.807, 2.05) is 11.5 Å². The zero-order valence-electron chi connectivity index (χ0n) is 10.2. The van der Waals surface area contributed by atoms with Gasteiger partial charge in [0.15, 0.2) is 11.5 Å². The molecule has 0 spiro atoms. The summed E-state index contributed by atoms with van der Waals surface area (Å²) in [7, 11) is 0. The van der Waals surface area contributed by atoms with Gasteiger partial charge in [-0.15, -0.1) is 12.3 Å². The van der Waals surface area contributed by atoms with Crippen molar-refractivity contribution in [2.75, 3.05) is 11.9 Å². The molecule has 2 aromatic heterocycles. The molecule has 0 radical (unpaired) electrons. The van der Waals surface area contributed by atoms with Crippen LogP contribution in [0.2, 0.25) is 0 Å². The molecule has 1 atom stereocenters. The molecule has 0 aliphatic carbocycles. The van der Waals surface area contributed by atoms with E-state index in [9.17, 15) is 5.11 Å². The lowest BCUT2D eigenvalue weighted by Crippen LogP contribution is -2.24. The van der Waals surface area contributed by atoms with Crippen LogP contribution in [0.25, 0.3) is 11.2 Å². The standard InChI is InChI=1S/C12H15N5O/c1-3-5-9(6-18)16-11-10-12(14-7-13-11)17(4-2)8-15-10/h1,7-9,18H,4-6H2,2H3,(H,13,14,16). The van der Waals surface area contributed by atoms with Gasteiger partial charge in [0, 0.05) is 13.0 Å². The molecule has 6 nitrogen and oxygen atoms in total. The molecule has 2 heterocycles. The molecule has 0 fully saturated rings. The van der Waals surface area contributed by atoms with Crippen molar-refractivity contribution in [1.29, 1.82) is 0 Å². The highest BCUT2D eigenvalue weighted by atomic mass is 16.3. The molecular weight excluding hydrogens is 230 g/mol. The molecule has 0 bridgehead atoms. The zero-order valence-corrected chi connectivity index (χ0v) is 10.2. The molecule has 0 saturated heterocycles. The van der Waals surface area contributed by atoms with Gasteiger partial charge in [0.05, 0.1) is 19.0 Å². The number of aryl methyl sites for hydroxylation is 1. The summed E-state index contributed by atoms with van der Waals surface area (Å²) in [6.45, 7) is 2.76. The average Bonchev–Trinajstić information content (AvgIpc) is 2.82. The smallest absolute Gasteiger partial charge is 0.165 e. The Morgan fingerprint density at radius 1 is 1.50 bits per heavy atom. The third kappa shape index (κ3) is 2.26. The van der Waals surface area contributed by atoms with Gasteiger partial charge in [-0.25, -0.2) is 15.0 Å². The molecule has 2 rings (SSSR count). The number of fused-ring (bicyclic) bond motifs is 1. The molecule has 0 aromatic carbocycles. The summed E-state index contributed by atoms with van der Waals surface area (Å²) >= 11 is 0. The fourth-order valence-corrected chi connectivity index (χ4v) is 1.71. The molecule has 0 aliphatic heterocycles. The number of aromatic nitrogens is 4. The van der Waals surface area contributed by atoms with E-state index < -0.39 is 0 Å². The Morgan fingerprint density at radius 3 is 3.00 bits per heavy atom. The van der Waals surface area contributed by atoms with Crippen LogP contribution >= 0.6 is 0 Å². The summed E-state index contributed by atoms with van der Waals surface area (Å²) in [6, 6.07) is -0.222. The van der Waals surface area contributed by atoms with Gasteiger partial charge >= 0.3 is 0 Å². The number of aliphatic hydroxyl groups excluding tert-OH is 1. The first-order chi connectivity index (χ1) is 8.80. The third-order valence-electron chi connectivity index (χ3n) is 2.67. The van der Waals surface area contributed by atoms with Crippen LogP contribution in [-0.2, 0) is 6.54 Å². The number of hydrogen-bond acceptors (Lipinski definition) is 5. The van der Waals surface area contributed by atoms with Gasteiger partial charge in [-0.05, 0) is 6.92 Å². The van der Waals surface area contributed by atoms with Gasteiger partial charge < -0.3 is 15.0 Å². The lowest BCUT2D eigenvalue weighted by Gasteiger charge is -2.14. The Hall–Kier alpha value is -2.13. The summed E-state index contributed by atoms with van der Waals surface area (Å²) in [4.78, 5) is 12.6. The van der Waals surface area contributed by atoms with Gasteiger partial charge in [0.2, 0.25) is 0 Å². The highest BCUT2D eigenvalue weighted by Gasteiger charge is 2.12. The van der Waals surface area contributed by atoms with Gasteiger partial charge in [0.25, 0.3) is 0 Å². The van der Waals surface area contributed by atoms with Gasteiger partial charge in [-0.2, -0.15) is 0 Å². The molecule has 2 aromatic rings. The number of aliphatic hydroxyl groups is 1. The summed E-state index contributed by atoms with van der Waals surface area (Å²) in [5, 5.41) is 12.3. The molecule has 0 aliphatic rings. The van der Waals surface area contributed by atoms with Gasteiger partial charge in [-0.3, -0.25) is 0 Å². The monoisotopic (exact) mass is 245 g/mol. The van der Waals surface area contributed by atoms with Gasteiger partial charge in [0.1, 0.15) is 11.8 Å². The predicted octanol–water partition coefficient (Wildman–Crippen LogP) is 0.642. The predicted molar refractivity (Wildman–Crippen MR) is 68.9 cm³/mol. The van der Waals surface area contributed by atoms with E-state index >= 15 is 0 Å². The maximum Gasteiger partial charge on any atom is 0.165 e. The van der Waals surface area contributed by atoms with E-state index in [1.54, 1.807) is 6.33 Å². The van der Waals surface area contributed by atoms with Crippen molar-refractivity contribution in [3.8, 4) is 12.3 Å². The summed E-state index contributed by atoms with van der Waals surface area (Å²) in [5.74, 6) is 3.11. The molecule has 6 heteroatoms. The topological polar surface area (TPSA) is 75.9 Å². The van der Waals surface area contributed by atoms with Gasteiger partial charge in [-0.1, -0.05) is 0 Å². The first-order valence-electron chi connectivity index (χ1n) is 5.76. The minimum absolute atomic E-state index is 0.0514. The number of hydrogen-bond donors (Lipinski definition) is 2. The highest BCUT2D eigenvalue weighted by molar-refractivity contribution is 5.82. The Morgan fingerprint density at radius 2 is 2.33 bits per heavy atom. The molecule has 18 heavy (non-hydrogen) atoms. The number of nitrogens with one attached hydrogen (secondary N) is 1. The third-order valence-corrected chi connectivity index (χ3v) is 2.67. The summed E-state index contributed by atoms with van der Waals surface area (Å²) < 4.78 is 1.93. The van der Waals surface area contributed by atoms with Crippen molar-refractivity contribution in [1.82, 2.24) is 19.5 Å². The number of rotatable bonds is 5. The minimum atomic E-state index is -0.222. The van der Waals surface area contributed by atoms with E-state index in [4.69, 9.17) is 6.42 Å². The van der Waals surface area contributed by atoms with E-state index in [0.29, 0.717) is 17.8 Å². The van der Waals surface area contributed by atoms with Crippen LogP contribution in [0.3, 0.4) is 0 Å². The van der Waals surface area contributed by atoms with E-state index in [-0.39, 0.29) is 12.6 Å². The summed E-state index contributed by atoms with van der Waals surface area (Å²) in [5.41, 5.74) is 1.46. The molecule has 2 N–H and O–H groups in total. The number of anilines is 1. The van der Waals surface area contributed by atoms with Crippen LogP contribution in [0.5, 0.6) is 0 Å². The van der Waals surface area contributed by atoms with Crippen molar-refractivity contribution in [2.24, 2.45) is 0 Å². The number of terminal acetylenes is 1. The Bertz CT molecular complexity index is 571.